The summed E-state index contributed by atoms with van der Waals surface area (Å²) in [6.07, 6.45) is 0. The van der Waals surface area contributed by atoms with E-state index in [9.17, 15) is 0 Å². The van der Waals surface area contributed by atoms with Gasteiger partial charge in [-0.05, 0) is 35.7 Å². The third-order valence-corrected chi connectivity index (χ3v) is 5.65. The first kappa shape index (κ1) is 16.9. The molecule has 0 radical (unpaired) electrons. The Morgan fingerprint density at radius 1 is 0.467 bits per heavy atom. The van der Waals surface area contributed by atoms with Crippen LogP contribution in [0.3, 0.4) is 0 Å². The zero-order valence-electron chi connectivity index (χ0n) is 16.3. The zero-order chi connectivity index (χ0) is 19.9. The Balaban J connectivity index is 1.71. The number of hydrogen-bond donors (Lipinski definition) is 0. The highest BCUT2D eigenvalue weighted by atomic mass is 16.3. The van der Waals surface area contributed by atoms with Crippen molar-refractivity contribution in [3.63, 3.8) is 0 Å². The number of fused-ring (bicyclic) bond motifs is 4. The molecule has 0 aliphatic rings. The van der Waals surface area contributed by atoms with Gasteiger partial charge in [-0.1, -0.05) is 84.9 Å². The van der Waals surface area contributed by atoms with Crippen LogP contribution in [0.15, 0.2) is 120 Å². The van der Waals surface area contributed by atoms with Crippen LogP contribution in [-0.2, 0) is 0 Å². The summed E-state index contributed by atoms with van der Waals surface area (Å²) >= 11 is 0. The SMILES string of the molecule is c1ccc(N(c2cccc3ccccc23)c2cccc3c2oc2ccccc23)cc1. The van der Waals surface area contributed by atoms with Crippen molar-refractivity contribution in [1.29, 1.82) is 0 Å². The highest BCUT2D eigenvalue weighted by Crippen LogP contribution is 2.43. The average Bonchev–Trinajstić information content (AvgIpc) is 3.20. The molecule has 0 saturated carbocycles. The third kappa shape index (κ3) is 2.58. The van der Waals surface area contributed by atoms with Crippen molar-refractivity contribution < 1.29 is 4.42 Å². The molecule has 1 aromatic heterocycles. The van der Waals surface area contributed by atoms with Gasteiger partial charge < -0.3 is 9.32 Å². The topological polar surface area (TPSA) is 16.4 Å². The van der Waals surface area contributed by atoms with Crippen molar-refractivity contribution >= 4 is 49.8 Å². The predicted octanol–water partition coefficient (Wildman–Crippen LogP) is 8.21. The van der Waals surface area contributed by atoms with Gasteiger partial charge in [0.25, 0.3) is 0 Å². The van der Waals surface area contributed by atoms with Crippen molar-refractivity contribution in [3.8, 4) is 0 Å². The van der Waals surface area contributed by atoms with E-state index in [0.29, 0.717) is 0 Å². The van der Waals surface area contributed by atoms with E-state index >= 15 is 0 Å². The molecule has 30 heavy (non-hydrogen) atoms. The van der Waals surface area contributed by atoms with Gasteiger partial charge in [-0.2, -0.15) is 0 Å². The first-order chi connectivity index (χ1) is 14.9. The van der Waals surface area contributed by atoms with Gasteiger partial charge in [0.15, 0.2) is 5.58 Å². The molecule has 1 heterocycles. The first-order valence-electron chi connectivity index (χ1n) is 10.1. The maximum atomic E-state index is 6.38. The van der Waals surface area contributed by atoms with Gasteiger partial charge in [-0.3, -0.25) is 0 Å². The van der Waals surface area contributed by atoms with Crippen LogP contribution >= 0.6 is 0 Å². The second-order valence-electron chi connectivity index (χ2n) is 7.42. The standard InChI is InChI=1S/C28H19NO/c1-2-12-21(13-3-1)29(25-17-8-11-20-10-4-5-14-22(20)25)26-18-9-16-24-23-15-6-7-19-27(23)30-28(24)26/h1-19H. The molecule has 0 aliphatic carbocycles. The largest absolute Gasteiger partial charge is 0.454 e. The van der Waals surface area contributed by atoms with Crippen molar-refractivity contribution in [3.05, 3.63) is 115 Å². The van der Waals surface area contributed by atoms with Gasteiger partial charge >= 0.3 is 0 Å². The molecule has 0 saturated heterocycles. The van der Waals surface area contributed by atoms with Gasteiger partial charge in [0.2, 0.25) is 0 Å². The molecule has 0 bridgehead atoms. The number of nitrogens with zero attached hydrogens (tertiary/aromatic N) is 1. The number of para-hydroxylation sites is 3. The Kier molecular flexibility index (Phi) is 3.82. The van der Waals surface area contributed by atoms with Crippen LogP contribution in [-0.4, -0.2) is 0 Å². The lowest BCUT2D eigenvalue weighted by atomic mass is 10.1. The summed E-state index contributed by atoms with van der Waals surface area (Å²) in [5.74, 6) is 0. The maximum absolute atomic E-state index is 6.38. The van der Waals surface area contributed by atoms with E-state index in [2.05, 4.69) is 102 Å². The average molecular weight is 385 g/mol. The molecule has 0 unspecified atom stereocenters. The quantitative estimate of drug-likeness (QED) is 0.305. The Bertz CT molecular complexity index is 1490. The molecule has 5 aromatic carbocycles. The summed E-state index contributed by atoms with van der Waals surface area (Å²) in [5.41, 5.74) is 5.07. The summed E-state index contributed by atoms with van der Waals surface area (Å²) < 4.78 is 6.38. The predicted molar refractivity (Wildman–Crippen MR) is 126 cm³/mol. The highest BCUT2D eigenvalue weighted by molar-refractivity contribution is 6.11. The van der Waals surface area contributed by atoms with E-state index < -0.39 is 0 Å². The van der Waals surface area contributed by atoms with E-state index in [0.717, 1.165) is 39.0 Å². The molecular weight excluding hydrogens is 366 g/mol. The van der Waals surface area contributed by atoms with Crippen molar-refractivity contribution in [2.75, 3.05) is 4.90 Å². The van der Waals surface area contributed by atoms with Crippen molar-refractivity contribution in [1.82, 2.24) is 0 Å². The van der Waals surface area contributed by atoms with Crippen molar-refractivity contribution in [2.24, 2.45) is 0 Å². The molecule has 0 N–H and O–H groups in total. The zero-order valence-corrected chi connectivity index (χ0v) is 16.3. The van der Waals surface area contributed by atoms with Crippen LogP contribution in [0.2, 0.25) is 0 Å². The van der Waals surface area contributed by atoms with E-state index in [1.54, 1.807) is 0 Å². The smallest absolute Gasteiger partial charge is 0.159 e. The number of benzene rings is 5. The van der Waals surface area contributed by atoms with Crippen LogP contribution in [0.25, 0.3) is 32.7 Å². The van der Waals surface area contributed by atoms with Crippen molar-refractivity contribution in [2.45, 2.75) is 0 Å². The minimum Gasteiger partial charge on any atom is -0.454 e. The Morgan fingerprint density at radius 2 is 1.10 bits per heavy atom. The number of anilines is 3. The third-order valence-electron chi connectivity index (χ3n) is 5.65. The number of furan rings is 1. The second-order valence-corrected chi connectivity index (χ2v) is 7.42. The molecule has 0 spiro atoms. The molecule has 6 rings (SSSR count). The fourth-order valence-electron chi connectivity index (χ4n) is 4.30. The maximum Gasteiger partial charge on any atom is 0.159 e. The molecule has 2 nitrogen and oxygen atoms in total. The fourth-order valence-corrected chi connectivity index (χ4v) is 4.30. The summed E-state index contributed by atoms with van der Waals surface area (Å²) in [6, 6.07) is 40.1. The van der Waals surface area contributed by atoms with Gasteiger partial charge in [-0.25, -0.2) is 0 Å². The van der Waals surface area contributed by atoms with E-state index in [1.165, 1.54) is 10.8 Å². The summed E-state index contributed by atoms with van der Waals surface area (Å²) in [4.78, 5) is 2.30. The fraction of sp³-hybridized carbons (Fsp3) is 0. The molecule has 6 aromatic rings. The van der Waals surface area contributed by atoms with Crippen LogP contribution in [0, 0.1) is 0 Å². The Morgan fingerprint density at radius 3 is 2.00 bits per heavy atom. The minimum absolute atomic E-state index is 0.899. The lowest BCUT2D eigenvalue weighted by Gasteiger charge is -2.26. The first-order valence-corrected chi connectivity index (χ1v) is 10.1. The van der Waals surface area contributed by atoms with Gasteiger partial charge in [-0.15, -0.1) is 0 Å². The van der Waals surface area contributed by atoms with E-state index in [4.69, 9.17) is 4.42 Å². The Hall–Kier alpha value is -4.04. The minimum atomic E-state index is 0.899. The van der Waals surface area contributed by atoms with Crippen LogP contribution in [0.5, 0.6) is 0 Å². The highest BCUT2D eigenvalue weighted by Gasteiger charge is 2.20. The lowest BCUT2D eigenvalue weighted by molar-refractivity contribution is 0.669. The number of rotatable bonds is 3. The second kappa shape index (κ2) is 6.78. The summed E-state index contributed by atoms with van der Waals surface area (Å²) in [7, 11) is 0. The van der Waals surface area contributed by atoms with Gasteiger partial charge in [0, 0.05) is 21.8 Å². The molecular formula is C28H19NO. The molecule has 0 amide bonds. The Labute approximate surface area is 174 Å². The monoisotopic (exact) mass is 385 g/mol. The molecule has 0 fully saturated rings. The van der Waals surface area contributed by atoms with Crippen LogP contribution < -0.4 is 4.90 Å². The normalized spacial score (nSPS) is 11.3. The summed E-state index contributed by atoms with van der Waals surface area (Å²) in [6.45, 7) is 0. The molecule has 0 aliphatic heterocycles. The van der Waals surface area contributed by atoms with Crippen LogP contribution in [0.4, 0.5) is 17.1 Å². The van der Waals surface area contributed by atoms with Gasteiger partial charge in [0.05, 0.1) is 11.4 Å². The summed E-state index contributed by atoms with van der Waals surface area (Å²) in [5, 5.41) is 4.69. The van der Waals surface area contributed by atoms with E-state index in [-0.39, 0.29) is 0 Å². The lowest BCUT2D eigenvalue weighted by Crippen LogP contribution is -2.10. The van der Waals surface area contributed by atoms with Crippen LogP contribution in [0.1, 0.15) is 0 Å². The molecule has 0 atom stereocenters. The van der Waals surface area contributed by atoms with E-state index in [1.807, 2.05) is 18.2 Å². The molecule has 142 valence electrons. The number of hydrogen-bond acceptors (Lipinski definition) is 2. The van der Waals surface area contributed by atoms with Gasteiger partial charge in [0.1, 0.15) is 5.58 Å². The molecule has 2 heteroatoms.